The van der Waals surface area contributed by atoms with Gasteiger partial charge in [0.2, 0.25) is 0 Å². The van der Waals surface area contributed by atoms with Crippen molar-refractivity contribution in [3.8, 4) is 0 Å². The first-order valence-electron chi connectivity index (χ1n) is 6.51. The minimum Gasteiger partial charge on any atom is -0.463 e. The van der Waals surface area contributed by atoms with Crippen molar-refractivity contribution in [2.75, 3.05) is 13.2 Å². The molecule has 2 atom stereocenters. The van der Waals surface area contributed by atoms with Crippen LogP contribution in [0.2, 0.25) is 0 Å². The van der Waals surface area contributed by atoms with Gasteiger partial charge in [0.1, 0.15) is 6.61 Å². The zero-order valence-corrected chi connectivity index (χ0v) is 11.3. The zero-order valence-electron chi connectivity index (χ0n) is 11.3. The molecule has 0 aromatic rings. The smallest absolute Gasteiger partial charge is 0.305 e. The molecule has 0 fully saturated rings. The van der Waals surface area contributed by atoms with E-state index in [9.17, 15) is 4.79 Å². The van der Waals surface area contributed by atoms with Crippen molar-refractivity contribution in [1.29, 1.82) is 0 Å². The maximum absolute atomic E-state index is 11.3. The molecular weight excluding hydrogens is 220 g/mol. The second kappa shape index (κ2) is 10.5. The van der Waals surface area contributed by atoms with E-state index in [1.807, 2.05) is 6.92 Å². The Bertz CT molecular complexity index is 192. The standard InChI is InChI=1S/C13H26O4/c1-4-5-6-7-8-13(15)17-10-12(3)16-9-11(2)14/h11-12,14H,4-10H2,1-3H3. The summed E-state index contributed by atoms with van der Waals surface area (Å²) in [6, 6.07) is 0. The van der Waals surface area contributed by atoms with Crippen LogP contribution in [-0.2, 0) is 14.3 Å². The van der Waals surface area contributed by atoms with Crippen molar-refractivity contribution < 1.29 is 19.4 Å². The van der Waals surface area contributed by atoms with Crippen LogP contribution in [0.4, 0.5) is 0 Å². The summed E-state index contributed by atoms with van der Waals surface area (Å²) in [7, 11) is 0. The SMILES string of the molecule is CCCCCCC(=O)OCC(C)OCC(C)O. The molecule has 0 rings (SSSR count). The third kappa shape index (κ3) is 11.6. The summed E-state index contributed by atoms with van der Waals surface area (Å²) in [5.74, 6) is -0.159. The second-order valence-electron chi connectivity index (χ2n) is 4.49. The zero-order chi connectivity index (χ0) is 13.1. The molecule has 0 aliphatic heterocycles. The van der Waals surface area contributed by atoms with Crippen molar-refractivity contribution in [2.45, 2.75) is 65.1 Å². The highest BCUT2D eigenvalue weighted by molar-refractivity contribution is 5.69. The molecule has 4 heteroatoms. The minimum absolute atomic E-state index is 0.159. The van der Waals surface area contributed by atoms with E-state index in [-0.39, 0.29) is 25.3 Å². The van der Waals surface area contributed by atoms with Gasteiger partial charge in [-0.2, -0.15) is 0 Å². The van der Waals surface area contributed by atoms with Crippen molar-refractivity contribution in [1.82, 2.24) is 0 Å². The van der Waals surface area contributed by atoms with Crippen LogP contribution in [-0.4, -0.2) is 36.5 Å². The summed E-state index contributed by atoms with van der Waals surface area (Å²) in [6.07, 6.45) is 4.16. The number of aliphatic hydroxyl groups is 1. The van der Waals surface area contributed by atoms with E-state index in [4.69, 9.17) is 14.6 Å². The van der Waals surface area contributed by atoms with E-state index in [0.717, 1.165) is 12.8 Å². The molecule has 0 aliphatic rings. The fourth-order valence-electron chi connectivity index (χ4n) is 1.33. The Kier molecular flexibility index (Phi) is 10.2. The van der Waals surface area contributed by atoms with Crippen LogP contribution in [0.25, 0.3) is 0 Å². The summed E-state index contributed by atoms with van der Waals surface area (Å²) < 4.78 is 10.3. The molecule has 0 heterocycles. The van der Waals surface area contributed by atoms with E-state index in [1.165, 1.54) is 12.8 Å². The van der Waals surface area contributed by atoms with Crippen molar-refractivity contribution in [3.63, 3.8) is 0 Å². The third-order valence-corrected chi connectivity index (χ3v) is 2.34. The minimum atomic E-state index is -0.484. The van der Waals surface area contributed by atoms with Gasteiger partial charge in [-0.3, -0.25) is 4.79 Å². The fraction of sp³-hybridized carbons (Fsp3) is 0.923. The van der Waals surface area contributed by atoms with E-state index in [2.05, 4.69) is 6.92 Å². The van der Waals surface area contributed by atoms with Gasteiger partial charge in [-0.05, 0) is 20.3 Å². The summed E-state index contributed by atoms with van der Waals surface area (Å²) in [5, 5.41) is 9.01. The highest BCUT2D eigenvalue weighted by Gasteiger charge is 2.08. The molecule has 17 heavy (non-hydrogen) atoms. The lowest BCUT2D eigenvalue weighted by atomic mass is 10.2. The molecule has 0 saturated heterocycles. The molecule has 4 nitrogen and oxygen atoms in total. The molecule has 0 radical (unpaired) electrons. The number of unbranched alkanes of at least 4 members (excludes halogenated alkanes) is 3. The lowest BCUT2D eigenvalue weighted by Crippen LogP contribution is -2.23. The molecule has 0 aromatic heterocycles. The molecular formula is C13H26O4. The quantitative estimate of drug-likeness (QED) is 0.474. The average molecular weight is 246 g/mol. The topological polar surface area (TPSA) is 55.8 Å². The van der Waals surface area contributed by atoms with E-state index in [0.29, 0.717) is 6.42 Å². The van der Waals surface area contributed by atoms with Gasteiger partial charge in [0.05, 0.1) is 18.8 Å². The first-order valence-corrected chi connectivity index (χ1v) is 6.51. The van der Waals surface area contributed by atoms with Crippen molar-refractivity contribution in [3.05, 3.63) is 0 Å². The first-order chi connectivity index (χ1) is 8.06. The molecule has 0 aromatic carbocycles. The monoisotopic (exact) mass is 246 g/mol. The Morgan fingerprint density at radius 3 is 2.47 bits per heavy atom. The van der Waals surface area contributed by atoms with Gasteiger partial charge < -0.3 is 14.6 Å². The number of carbonyl (C=O) groups is 1. The van der Waals surface area contributed by atoms with Crippen LogP contribution in [0.5, 0.6) is 0 Å². The predicted molar refractivity (Wildman–Crippen MR) is 66.8 cm³/mol. The molecule has 0 spiro atoms. The molecule has 0 amide bonds. The van der Waals surface area contributed by atoms with Crippen molar-refractivity contribution in [2.24, 2.45) is 0 Å². The number of rotatable bonds is 10. The maximum atomic E-state index is 11.3. The highest BCUT2D eigenvalue weighted by atomic mass is 16.6. The van der Waals surface area contributed by atoms with Gasteiger partial charge in [-0.1, -0.05) is 26.2 Å². The normalized spacial score (nSPS) is 14.4. The first kappa shape index (κ1) is 16.4. The summed E-state index contributed by atoms with van der Waals surface area (Å²) in [5.41, 5.74) is 0. The predicted octanol–water partition coefficient (Wildman–Crippen LogP) is 2.29. The Balaban J connectivity index is 3.42. The molecule has 1 N–H and O–H groups in total. The highest BCUT2D eigenvalue weighted by Crippen LogP contribution is 2.04. The Morgan fingerprint density at radius 2 is 1.88 bits per heavy atom. The third-order valence-electron chi connectivity index (χ3n) is 2.34. The Labute approximate surface area is 104 Å². The van der Waals surface area contributed by atoms with E-state index in [1.54, 1.807) is 6.92 Å². The second-order valence-corrected chi connectivity index (χ2v) is 4.49. The summed E-state index contributed by atoms with van der Waals surface area (Å²) >= 11 is 0. The van der Waals surface area contributed by atoms with Gasteiger partial charge in [0, 0.05) is 6.42 Å². The molecule has 2 unspecified atom stereocenters. The summed E-state index contributed by atoms with van der Waals surface area (Å²) in [4.78, 5) is 11.3. The maximum Gasteiger partial charge on any atom is 0.305 e. The lowest BCUT2D eigenvalue weighted by Gasteiger charge is -2.14. The van der Waals surface area contributed by atoms with Gasteiger partial charge in [-0.25, -0.2) is 0 Å². The fourth-order valence-corrected chi connectivity index (χ4v) is 1.33. The Morgan fingerprint density at radius 1 is 1.18 bits per heavy atom. The average Bonchev–Trinajstić information content (AvgIpc) is 2.29. The van der Waals surface area contributed by atoms with E-state index < -0.39 is 6.10 Å². The number of ether oxygens (including phenoxy) is 2. The molecule has 0 bridgehead atoms. The number of esters is 1. The van der Waals surface area contributed by atoms with Crippen LogP contribution >= 0.6 is 0 Å². The summed E-state index contributed by atoms with van der Waals surface area (Å²) in [6.45, 7) is 6.16. The van der Waals surface area contributed by atoms with Crippen LogP contribution in [0.1, 0.15) is 52.9 Å². The lowest BCUT2D eigenvalue weighted by molar-refractivity contribution is -0.148. The number of hydrogen-bond donors (Lipinski definition) is 1. The van der Waals surface area contributed by atoms with Crippen LogP contribution in [0.3, 0.4) is 0 Å². The van der Waals surface area contributed by atoms with Crippen molar-refractivity contribution >= 4 is 5.97 Å². The van der Waals surface area contributed by atoms with Gasteiger partial charge >= 0.3 is 5.97 Å². The van der Waals surface area contributed by atoms with Crippen LogP contribution in [0, 0.1) is 0 Å². The Hall–Kier alpha value is -0.610. The number of hydrogen-bond acceptors (Lipinski definition) is 4. The number of aliphatic hydroxyl groups excluding tert-OH is 1. The molecule has 0 aliphatic carbocycles. The van der Waals surface area contributed by atoms with Gasteiger partial charge in [0.25, 0.3) is 0 Å². The van der Waals surface area contributed by atoms with Crippen LogP contribution in [0.15, 0.2) is 0 Å². The molecule has 102 valence electrons. The number of carbonyl (C=O) groups excluding carboxylic acids is 1. The largest absolute Gasteiger partial charge is 0.463 e. The van der Waals surface area contributed by atoms with Gasteiger partial charge in [0.15, 0.2) is 0 Å². The van der Waals surface area contributed by atoms with Gasteiger partial charge in [-0.15, -0.1) is 0 Å². The van der Waals surface area contributed by atoms with Crippen LogP contribution < -0.4 is 0 Å². The van der Waals surface area contributed by atoms with E-state index >= 15 is 0 Å². The molecule has 0 saturated carbocycles.